The third-order valence-corrected chi connectivity index (χ3v) is 6.43. The van der Waals surface area contributed by atoms with Crippen molar-refractivity contribution in [1.82, 2.24) is 10.5 Å². The molecule has 1 unspecified atom stereocenters. The molecule has 0 amide bonds. The second-order valence-electron chi connectivity index (χ2n) is 8.97. The van der Waals surface area contributed by atoms with E-state index in [1.165, 1.54) is 37.5 Å². The number of nitrogens with zero attached hydrogens (tertiary/aromatic N) is 1. The molecule has 0 aliphatic carbocycles. The van der Waals surface area contributed by atoms with E-state index in [1.54, 1.807) is 54.6 Å². The van der Waals surface area contributed by atoms with Gasteiger partial charge in [-0.15, -0.1) is 0 Å². The van der Waals surface area contributed by atoms with Crippen molar-refractivity contribution in [3.63, 3.8) is 0 Å². The molecule has 1 aliphatic heterocycles. The molecule has 4 aromatic rings. The Morgan fingerprint density at radius 1 is 0.972 bits per heavy atom. The fourth-order valence-electron chi connectivity index (χ4n) is 4.50. The Balaban J connectivity index is 1.40. The van der Waals surface area contributed by atoms with Gasteiger partial charge in [0.1, 0.15) is 22.9 Å². The Morgan fingerprint density at radius 2 is 1.78 bits per heavy atom. The zero-order chi connectivity index (χ0) is 24.9. The minimum Gasteiger partial charge on any atom is -0.508 e. The number of ketones is 1. The fourth-order valence-corrected chi connectivity index (χ4v) is 4.50. The van der Waals surface area contributed by atoms with E-state index in [4.69, 9.17) is 9.26 Å². The highest BCUT2D eigenvalue weighted by Gasteiger charge is 2.26. The number of piperidine rings is 1. The summed E-state index contributed by atoms with van der Waals surface area (Å²) >= 11 is 0. The average molecular weight is 485 g/mol. The van der Waals surface area contributed by atoms with Crippen LogP contribution in [-0.4, -0.2) is 40.3 Å². The molecule has 2 heterocycles. The number of hydrogen-bond acceptors (Lipinski definition) is 7. The maximum Gasteiger partial charge on any atom is 0.199 e. The van der Waals surface area contributed by atoms with E-state index in [9.17, 15) is 15.0 Å². The van der Waals surface area contributed by atoms with Crippen LogP contribution in [0, 0.1) is 0 Å². The first-order valence-corrected chi connectivity index (χ1v) is 12.2. The van der Waals surface area contributed by atoms with Gasteiger partial charge in [-0.05, 0) is 86.5 Å². The van der Waals surface area contributed by atoms with Crippen LogP contribution in [0.25, 0.3) is 22.6 Å². The first kappa shape index (κ1) is 23.6. The van der Waals surface area contributed by atoms with Gasteiger partial charge in [-0.2, -0.15) is 0 Å². The molecular weight excluding hydrogens is 456 g/mol. The van der Waals surface area contributed by atoms with E-state index >= 15 is 0 Å². The molecule has 3 aromatic carbocycles. The number of aromatic hydroxyl groups is 2. The SMILES string of the molecule is O=C(c1ccc(OCCC2CCCCN2)cc1)c1c(-c2cccc(O)c2)noc1-c1ccc(O)cc1. The molecule has 184 valence electrons. The highest BCUT2D eigenvalue weighted by Crippen LogP contribution is 2.35. The summed E-state index contributed by atoms with van der Waals surface area (Å²) in [5, 5.41) is 27.3. The second kappa shape index (κ2) is 10.7. The van der Waals surface area contributed by atoms with Crippen LogP contribution in [0.2, 0.25) is 0 Å². The van der Waals surface area contributed by atoms with Crippen LogP contribution in [0.3, 0.4) is 0 Å². The van der Waals surface area contributed by atoms with Crippen molar-refractivity contribution in [2.45, 2.75) is 31.7 Å². The smallest absolute Gasteiger partial charge is 0.199 e. The van der Waals surface area contributed by atoms with Crippen LogP contribution in [0.1, 0.15) is 41.6 Å². The van der Waals surface area contributed by atoms with Gasteiger partial charge in [0.15, 0.2) is 11.5 Å². The molecular formula is C29H28N2O5. The number of aromatic nitrogens is 1. The van der Waals surface area contributed by atoms with Crippen molar-refractivity contribution in [3.05, 3.63) is 83.9 Å². The topological polar surface area (TPSA) is 105 Å². The first-order chi connectivity index (χ1) is 17.6. The summed E-state index contributed by atoms with van der Waals surface area (Å²) < 4.78 is 11.5. The predicted molar refractivity (Wildman–Crippen MR) is 136 cm³/mol. The highest BCUT2D eigenvalue weighted by molar-refractivity contribution is 6.15. The highest BCUT2D eigenvalue weighted by atomic mass is 16.5. The fraction of sp³-hybridized carbons (Fsp3) is 0.241. The largest absolute Gasteiger partial charge is 0.508 e. The summed E-state index contributed by atoms with van der Waals surface area (Å²) in [6.45, 7) is 1.68. The number of carbonyl (C=O) groups is 1. The van der Waals surface area contributed by atoms with Gasteiger partial charge >= 0.3 is 0 Å². The summed E-state index contributed by atoms with van der Waals surface area (Å²) in [6.07, 6.45) is 4.62. The maximum atomic E-state index is 13.7. The van der Waals surface area contributed by atoms with Crippen LogP contribution in [0.4, 0.5) is 0 Å². The lowest BCUT2D eigenvalue weighted by Gasteiger charge is -2.23. The molecule has 7 nitrogen and oxygen atoms in total. The van der Waals surface area contributed by atoms with Gasteiger partial charge in [0, 0.05) is 22.7 Å². The van der Waals surface area contributed by atoms with E-state index in [0.29, 0.717) is 46.5 Å². The van der Waals surface area contributed by atoms with Gasteiger partial charge in [0.2, 0.25) is 0 Å². The molecule has 0 bridgehead atoms. The molecule has 1 aliphatic rings. The number of nitrogens with one attached hydrogen (secondary N) is 1. The van der Waals surface area contributed by atoms with E-state index < -0.39 is 0 Å². The quantitative estimate of drug-likeness (QED) is 0.281. The summed E-state index contributed by atoms with van der Waals surface area (Å²) in [5.41, 5.74) is 2.23. The monoisotopic (exact) mass is 484 g/mol. The Bertz CT molecular complexity index is 1320. The summed E-state index contributed by atoms with van der Waals surface area (Å²) in [7, 11) is 0. The molecule has 36 heavy (non-hydrogen) atoms. The normalized spacial score (nSPS) is 15.5. The Morgan fingerprint density at radius 3 is 2.50 bits per heavy atom. The molecule has 3 N–H and O–H groups in total. The van der Waals surface area contributed by atoms with Crippen LogP contribution in [0.15, 0.2) is 77.3 Å². The molecule has 0 saturated carbocycles. The summed E-state index contributed by atoms with van der Waals surface area (Å²) in [5.74, 6) is 0.896. The van der Waals surface area contributed by atoms with E-state index in [0.717, 1.165) is 13.0 Å². The third-order valence-electron chi connectivity index (χ3n) is 6.43. The zero-order valence-electron chi connectivity index (χ0n) is 19.8. The Hall–Kier alpha value is -4.10. The van der Waals surface area contributed by atoms with Crippen molar-refractivity contribution >= 4 is 5.78 Å². The maximum absolute atomic E-state index is 13.7. The van der Waals surface area contributed by atoms with Gasteiger partial charge in [-0.1, -0.05) is 23.7 Å². The number of hydrogen-bond donors (Lipinski definition) is 3. The van der Waals surface area contributed by atoms with E-state index in [-0.39, 0.29) is 22.8 Å². The number of phenols is 2. The summed E-state index contributed by atoms with van der Waals surface area (Å²) in [6, 6.07) is 20.5. The minimum absolute atomic E-state index is 0.0602. The lowest BCUT2D eigenvalue weighted by atomic mass is 9.95. The molecule has 1 saturated heterocycles. The van der Waals surface area contributed by atoms with Gasteiger partial charge in [-0.3, -0.25) is 4.79 Å². The van der Waals surface area contributed by atoms with E-state index in [1.807, 2.05) is 0 Å². The average Bonchev–Trinajstić information content (AvgIpc) is 3.35. The molecule has 5 rings (SSSR count). The Kier molecular flexibility index (Phi) is 7.00. The minimum atomic E-state index is -0.268. The predicted octanol–water partition coefficient (Wildman–Crippen LogP) is 5.56. The molecule has 1 atom stereocenters. The lowest BCUT2D eigenvalue weighted by Crippen LogP contribution is -2.35. The van der Waals surface area contributed by atoms with Gasteiger partial charge < -0.3 is 24.8 Å². The lowest BCUT2D eigenvalue weighted by molar-refractivity contribution is 0.103. The van der Waals surface area contributed by atoms with Gasteiger partial charge in [0.25, 0.3) is 0 Å². The van der Waals surface area contributed by atoms with Crippen molar-refractivity contribution < 1.29 is 24.3 Å². The first-order valence-electron chi connectivity index (χ1n) is 12.2. The molecule has 7 heteroatoms. The molecule has 1 fully saturated rings. The number of phenolic OH excluding ortho intramolecular Hbond substituents is 2. The van der Waals surface area contributed by atoms with Crippen molar-refractivity contribution in [2.24, 2.45) is 0 Å². The van der Waals surface area contributed by atoms with Crippen LogP contribution >= 0.6 is 0 Å². The number of rotatable bonds is 8. The Labute approximate surface area is 209 Å². The number of carbonyl (C=O) groups excluding carboxylic acids is 1. The second-order valence-corrected chi connectivity index (χ2v) is 8.97. The number of ether oxygens (including phenoxy) is 1. The third kappa shape index (κ3) is 5.26. The van der Waals surface area contributed by atoms with Crippen LogP contribution < -0.4 is 10.1 Å². The zero-order valence-corrected chi connectivity index (χ0v) is 19.8. The number of benzene rings is 3. The van der Waals surface area contributed by atoms with Crippen molar-refractivity contribution in [2.75, 3.05) is 13.2 Å². The van der Waals surface area contributed by atoms with Crippen molar-refractivity contribution in [1.29, 1.82) is 0 Å². The molecule has 0 radical (unpaired) electrons. The van der Waals surface area contributed by atoms with Crippen LogP contribution in [-0.2, 0) is 0 Å². The summed E-state index contributed by atoms with van der Waals surface area (Å²) in [4.78, 5) is 13.7. The standard InChI is InChI=1S/C29H28N2O5/c32-23-11-7-20(8-12-23)29-26(27(31-36-29)21-4-3-6-24(33)18-21)28(34)19-9-13-25(14-10-19)35-17-15-22-5-1-2-16-30-22/h3-4,6-14,18,22,30,32-33H,1-2,5,15-17H2. The molecule has 0 spiro atoms. The van der Waals surface area contributed by atoms with E-state index in [2.05, 4.69) is 10.5 Å². The van der Waals surface area contributed by atoms with Gasteiger partial charge in [0.05, 0.1) is 12.2 Å². The van der Waals surface area contributed by atoms with Gasteiger partial charge in [-0.25, -0.2) is 0 Å². The molecule has 1 aromatic heterocycles. The van der Waals surface area contributed by atoms with Crippen LogP contribution in [0.5, 0.6) is 17.2 Å². The van der Waals surface area contributed by atoms with Crippen molar-refractivity contribution in [3.8, 4) is 39.8 Å².